The summed E-state index contributed by atoms with van der Waals surface area (Å²) in [6.45, 7) is 0.286. The summed E-state index contributed by atoms with van der Waals surface area (Å²) in [7, 11) is 0. The molecule has 0 aliphatic heterocycles. The van der Waals surface area contributed by atoms with E-state index in [0.717, 1.165) is 12.0 Å². The number of benzene rings is 1. The van der Waals surface area contributed by atoms with Crippen LogP contribution in [0.1, 0.15) is 24.8 Å². The van der Waals surface area contributed by atoms with Gasteiger partial charge in [0.2, 0.25) is 0 Å². The zero-order valence-corrected chi connectivity index (χ0v) is 9.72. The topological polar surface area (TPSA) is 69.4 Å². The zero-order chi connectivity index (χ0) is 12.5. The maximum atomic E-state index is 11.6. The number of primary amides is 1. The molecule has 0 saturated heterocycles. The number of unbranched alkanes of at least 4 members (excludes halogenated alkanes) is 1. The third-order valence-electron chi connectivity index (χ3n) is 2.34. The van der Waals surface area contributed by atoms with E-state index in [4.69, 9.17) is 5.73 Å². The van der Waals surface area contributed by atoms with Crippen LogP contribution in [0.25, 0.3) is 0 Å². The van der Waals surface area contributed by atoms with E-state index >= 15 is 0 Å². The first-order chi connectivity index (χ1) is 8.18. The number of ketones is 1. The minimum atomic E-state index is -0.763. The van der Waals surface area contributed by atoms with E-state index in [-0.39, 0.29) is 12.4 Å². The molecule has 0 radical (unpaired) electrons. The first-order valence-electron chi connectivity index (χ1n) is 5.66. The molecule has 1 rings (SSSR count). The second-order valence-electron chi connectivity index (χ2n) is 3.83. The minimum absolute atomic E-state index is 0.204. The summed E-state index contributed by atoms with van der Waals surface area (Å²) < 4.78 is 4.57. The van der Waals surface area contributed by atoms with Crippen LogP contribution in [0.4, 0.5) is 4.79 Å². The SMILES string of the molecule is NC(=O)OCCCCC(=O)Cc1ccccc1. The fourth-order valence-corrected chi connectivity index (χ4v) is 1.51. The van der Waals surface area contributed by atoms with Gasteiger partial charge >= 0.3 is 6.09 Å². The van der Waals surface area contributed by atoms with Crippen molar-refractivity contribution < 1.29 is 14.3 Å². The molecule has 1 aromatic carbocycles. The highest BCUT2D eigenvalue weighted by Crippen LogP contribution is 2.04. The summed E-state index contributed by atoms with van der Waals surface area (Å²) in [6.07, 6.45) is 1.61. The Balaban J connectivity index is 2.12. The van der Waals surface area contributed by atoms with Crippen molar-refractivity contribution in [1.82, 2.24) is 0 Å². The number of nitrogens with two attached hydrogens (primary N) is 1. The number of carbonyl (C=O) groups excluding carboxylic acids is 2. The Bertz CT molecular complexity index is 362. The Morgan fingerprint density at radius 2 is 1.82 bits per heavy atom. The van der Waals surface area contributed by atoms with E-state index in [2.05, 4.69) is 4.74 Å². The van der Waals surface area contributed by atoms with E-state index in [1.165, 1.54) is 0 Å². The lowest BCUT2D eigenvalue weighted by Crippen LogP contribution is -2.13. The molecule has 0 atom stereocenters. The summed E-state index contributed by atoms with van der Waals surface area (Å²) >= 11 is 0. The number of ether oxygens (including phenoxy) is 1. The molecule has 1 amide bonds. The van der Waals surface area contributed by atoms with Gasteiger partial charge in [0.1, 0.15) is 5.78 Å². The van der Waals surface area contributed by atoms with Crippen LogP contribution < -0.4 is 5.73 Å². The van der Waals surface area contributed by atoms with Gasteiger partial charge in [-0.3, -0.25) is 4.79 Å². The van der Waals surface area contributed by atoms with Gasteiger partial charge < -0.3 is 10.5 Å². The van der Waals surface area contributed by atoms with Gasteiger partial charge in [-0.05, 0) is 18.4 Å². The van der Waals surface area contributed by atoms with Gasteiger partial charge in [0.15, 0.2) is 0 Å². The predicted octanol–water partition coefficient (Wildman–Crippen LogP) is 2.06. The van der Waals surface area contributed by atoms with Crippen molar-refractivity contribution in [2.45, 2.75) is 25.7 Å². The molecule has 0 saturated carbocycles. The van der Waals surface area contributed by atoms with Crippen molar-refractivity contribution in [2.24, 2.45) is 5.73 Å². The molecule has 0 bridgehead atoms. The molecule has 4 heteroatoms. The largest absolute Gasteiger partial charge is 0.450 e. The molecule has 17 heavy (non-hydrogen) atoms. The van der Waals surface area contributed by atoms with Gasteiger partial charge in [-0.25, -0.2) is 4.79 Å². The van der Waals surface area contributed by atoms with Gasteiger partial charge in [0.25, 0.3) is 0 Å². The smallest absolute Gasteiger partial charge is 0.404 e. The highest BCUT2D eigenvalue weighted by atomic mass is 16.5. The molecule has 0 spiro atoms. The van der Waals surface area contributed by atoms with Crippen molar-refractivity contribution in [2.75, 3.05) is 6.61 Å². The summed E-state index contributed by atoms with van der Waals surface area (Å²) in [4.78, 5) is 21.8. The van der Waals surface area contributed by atoms with E-state index in [0.29, 0.717) is 19.3 Å². The molecule has 4 nitrogen and oxygen atoms in total. The van der Waals surface area contributed by atoms with Crippen LogP contribution in [-0.2, 0) is 16.0 Å². The predicted molar refractivity (Wildman–Crippen MR) is 64.5 cm³/mol. The molecular weight excluding hydrogens is 218 g/mol. The van der Waals surface area contributed by atoms with E-state index in [9.17, 15) is 9.59 Å². The third-order valence-corrected chi connectivity index (χ3v) is 2.34. The van der Waals surface area contributed by atoms with Gasteiger partial charge in [-0.15, -0.1) is 0 Å². The molecule has 0 aliphatic rings. The van der Waals surface area contributed by atoms with Crippen LogP contribution in [0.3, 0.4) is 0 Å². The summed E-state index contributed by atoms with van der Waals surface area (Å²) in [5.41, 5.74) is 5.84. The second-order valence-corrected chi connectivity index (χ2v) is 3.83. The number of carbonyl (C=O) groups is 2. The van der Waals surface area contributed by atoms with Crippen molar-refractivity contribution in [3.05, 3.63) is 35.9 Å². The molecule has 0 aromatic heterocycles. The first-order valence-corrected chi connectivity index (χ1v) is 5.66. The number of amides is 1. The van der Waals surface area contributed by atoms with E-state index in [1.807, 2.05) is 30.3 Å². The minimum Gasteiger partial charge on any atom is -0.450 e. The van der Waals surface area contributed by atoms with Crippen LogP contribution in [0.15, 0.2) is 30.3 Å². The number of rotatable bonds is 7. The fourth-order valence-electron chi connectivity index (χ4n) is 1.51. The van der Waals surface area contributed by atoms with Crippen LogP contribution in [0.5, 0.6) is 0 Å². The lowest BCUT2D eigenvalue weighted by Gasteiger charge is -2.02. The lowest BCUT2D eigenvalue weighted by atomic mass is 10.1. The Hall–Kier alpha value is -1.84. The van der Waals surface area contributed by atoms with Crippen LogP contribution in [0, 0.1) is 0 Å². The highest BCUT2D eigenvalue weighted by Gasteiger charge is 2.03. The normalized spacial score (nSPS) is 9.88. The molecule has 0 heterocycles. The van der Waals surface area contributed by atoms with Crippen LogP contribution in [-0.4, -0.2) is 18.5 Å². The molecule has 0 fully saturated rings. The van der Waals surface area contributed by atoms with Crippen molar-refractivity contribution in [3.63, 3.8) is 0 Å². The van der Waals surface area contributed by atoms with Gasteiger partial charge in [-0.2, -0.15) is 0 Å². The summed E-state index contributed by atoms with van der Waals surface area (Å²) in [5.74, 6) is 0.204. The van der Waals surface area contributed by atoms with Crippen LogP contribution >= 0.6 is 0 Å². The molecule has 92 valence electrons. The lowest BCUT2D eigenvalue weighted by molar-refractivity contribution is -0.118. The molecule has 1 aromatic rings. The summed E-state index contributed by atoms with van der Waals surface area (Å²) in [6, 6.07) is 9.64. The molecule has 0 unspecified atom stereocenters. The Morgan fingerprint density at radius 3 is 2.47 bits per heavy atom. The zero-order valence-electron chi connectivity index (χ0n) is 9.72. The molecule has 0 aliphatic carbocycles. The monoisotopic (exact) mass is 235 g/mol. The van der Waals surface area contributed by atoms with Gasteiger partial charge in [0, 0.05) is 12.8 Å². The average molecular weight is 235 g/mol. The Kier molecular flexibility index (Phi) is 5.79. The average Bonchev–Trinajstić information content (AvgIpc) is 2.29. The van der Waals surface area contributed by atoms with E-state index < -0.39 is 6.09 Å². The maximum Gasteiger partial charge on any atom is 0.404 e. The maximum absolute atomic E-state index is 11.6. The van der Waals surface area contributed by atoms with Gasteiger partial charge in [0.05, 0.1) is 6.61 Å². The van der Waals surface area contributed by atoms with Crippen molar-refractivity contribution >= 4 is 11.9 Å². The number of hydrogen-bond donors (Lipinski definition) is 1. The first kappa shape index (κ1) is 13.2. The molecule has 2 N–H and O–H groups in total. The number of Topliss-reactive ketones (excluding diaryl/α,β-unsaturated/α-hetero) is 1. The Labute approximate surface area is 101 Å². The van der Waals surface area contributed by atoms with Crippen LogP contribution in [0.2, 0.25) is 0 Å². The third kappa shape index (κ3) is 6.35. The fraction of sp³-hybridized carbons (Fsp3) is 0.385. The Morgan fingerprint density at radius 1 is 1.12 bits per heavy atom. The standard InChI is InChI=1S/C13H17NO3/c14-13(16)17-9-5-4-8-12(15)10-11-6-2-1-3-7-11/h1-3,6-7H,4-5,8-10H2,(H2,14,16). The second kappa shape index (κ2) is 7.44. The highest BCUT2D eigenvalue weighted by molar-refractivity contribution is 5.80. The van der Waals surface area contributed by atoms with E-state index in [1.54, 1.807) is 0 Å². The quantitative estimate of drug-likeness (QED) is 0.735. The van der Waals surface area contributed by atoms with Crippen molar-refractivity contribution in [3.8, 4) is 0 Å². The van der Waals surface area contributed by atoms with Crippen molar-refractivity contribution in [1.29, 1.82) is 0 Å². The summed E-state index contributed by atoms with van der Waals surface area (Å²) in [5, 5.41) is 0. The van der Waals surface area contributed by atoms with Gasteiger partial charge in [-0.1, -0.05) is 30.3 Å². The molecular formula is C13H17NO3. The number of hydrogen-bond acceptors (Lipinski definition) is 3.